The van der Waals surface area contributed by atoms with Gasteiger partial charge in [-0.2, -0.15) is 0 Å². The van der Waals surface area contributed by atoms with Crippen LogP contribution < -0.4 is 5.32 Å². The first-order chi connectivity index (χ1) is 13.7. The highest BCUT2D eigenvalue weighted by atomic mass is 32.1. The van der Waals surface area contributed by atoms with Gasteiger partial charge in [-0.05, 0) is 30.9 Å². The fraction of sp³-hybridized carbons (Fsp3) is 0.429. The number of carbonyl (C=O) groups is 1. The third-order valence-corrected chi connectivity index (χ3v) is 6.72. The summed E-state index contributed by atoms with van der Waals surface area (Å²) in [5.41, 5.74) is 2.07. The van der Waals surface area contributed by atoms with E-state index in [0.29, 0.717) is 19.1 Å². The molecule has 5 rings (SSSR count). The smallest absolute Gasteiger partial charge is 0.227 e. The van der Waals surface area contributed by atoms with Crippen molar-refractivity contribution in [1.82, 2.24) is 14.9 Å². The van der Waals surface area contributed by atoms with E-state index < -0.39 is 0 Å². The van der Waals surface area contributed by atoms with Gasteiger partial charge in [0, 0.05) is 41.8 Å². The van der Waals surface area contributed by atoms with Gasteiger partial charge in [-0.25, -0.2) is 4.98 Å². The van der Waals surface area contributed by atoms with Crippen LogP contribution in [0.15, 0.2) is 42.0 Å². The third-order valence-electron chi connectivity index (χ3n) is 6.01. The van der Waals surface area contributed by atoms with Crippen molar-refractivity contribution in [3.05, 3.63) is 47.6 Å². The van der Waals surface area contributed by atoms with E-state index in [4.69, 9.17) is 4.74 Å². The lowest BCUT2D eigenvalue weighted by Crippen LogP contribution is -2.47. The number of piperidine rings is 1. The summed E-state index contributed by atoms with van der Waals surface area (Å²) < 4.78 is 6.21. The Bertz CT molecular complexity index is 960. The van der Waals surface area contributed by atoms with Crippen LogP contribution in [0.3, 0.4) is 0 Å². The Morgan fingerprint density at radius 2 is 2.21 bits per heavy atom. The minimum Gasteiger partial charge on any atom is -0.373 e. The molecular weight excluding hydrogens is 372 g/mol. The van der Waals surface area contributed by atoms with Crippen LogP contribution in [0, 0.1) is 0 Å². The highest BCUT2D eigenvalue weighted by Gasteiger charge is 2.43. The van der Waals surface area contributed by atoms with Crippen LogP contribution >= 0.6 is 11.3 Å². The van der Waals surface area contributed by atoms with Crippen molar-refractivity contribution in [3.63, 3.8) is 0 Å². The van der Waals surface area contributed by atoms with Gasteiger partial charge in [0.1, 0.15) is 0 Å². The fourth-order valence-corrected chi connectivity index (χ4v) is 5.08. The molecule has 0 bridgehead atoms. The molecule has 2 N–H and O–H groups in total. The monoisotopic (exact) mass is 396 g/mol. The van der Waals surface area contributed by atoms with Crippen molar-refractivity contribution in [3.8, 4) is 0 Å². The number of ether oxygens (including phenoxy) is 1. The van der Waals surface area contributed by atoms with Crippen molar-refractivity contribution in [2.45, 2.75) is 37.3 Å². The summed E-state index contributed by atoms with van der Waals surface area (Å²) in [5, 5.41) is 7.54. The number of rotatable bonds is 4. The van der Waals surface area contributed by atoms with E-state index in [0.717, 1.165) is 53.9 Å². The van der Waals surface area contributed by atoms with Gasteiger partial charge in [-0.1, -0.05) is 18.2 Å². The Hall–Kier alpha value is -2.38. The minimum atomic E-state index is -0.0908. The number of hydrogen-bond donors (Lipinski definition) is 2. The van der Waals surface area contributed by atoms with Crippen LogP contribution in [0.4, 0.5) is 5.13 Å². The minimum absolute atomic E-state index is 0.0908. The molecule has 0 aliphatic carbocycles. The molecule has 1 spiro atoms. The summed E-state index contributed by atoms with van der Waals surface area (Å²) in [6.45, 7) is 2.25. The van der Waals surface area contributed by atoms with E-state index in [9.17, 15) is 4.79 Å². The molecule has 1 amide bonds. The maximum absolute atomic E-state index is 12.8. The van der Waals surface area contributed by atoms with E-state index >= 15 is 0 Å². The van der Waals surface area contributed by atoms with E-state index in [-0.39, 0.29) is 11.5 Å². The fourth-order valence-electron chi connectivity index (χ4n) is 4.47. The lowest BCUT2D eigenvalue weighted by Gasteiger charge is -2.38. The van der Waals surface area contributed by atoms with Crippen LogP contribution in [0.1, 0.15) is 24.8 Å². The van der Waals surface area contributed by atoms with Crippen LogP contribution in [-0.4, -0.2) is 52.1 Å². The lowest BCUT2D eigenvalue weighted by atomic mass is 9.87. The highest BCUT2D eigenvalue weighted by molar-refractivity contribution is 7.13. The molecule has 2 saturated heterocycles. The summed E-state index contributed by atoms with van der Waals surface area (Å²) >= 11 is 1.62. The first-order valence-electron chi connectivity index (χ1n) is 9.84. The maximum Gasteiger partial charge on any atom is 0.227 e. The van der Waals surface area contributed by atoms with E-state index in [1.54, 1.807) is 11.3 Å². The largest absolute Gasteiger partial charge is 0.373 e. The van der Waals surface area contributed by atoms with Gasteiger partial charge in [0.25, 0.3) is 0 Å². The predicted molar refractivity (Wildman–Crippen MR) is 111 cm³/mol. The summed E-state index contributed by atoms with van der Waals surface area (Å²) in [6.07, 6.45) is 7.02. The highest BCUT2D eigenvalue weighted by Crippen LogP contribution is 2.37. The number of fused-ring (bicyclic) bond motifs is 1. The standard InChI is InChI=1S/C21H24N4O2S/c26-19(11-15-13-23-18-4-2-1-3-17(15)18)25-8-5-21(6-9-25)12-16(14-27-21)24-20-22-7-10-28-20/h1-4,7,10,13,16,23H,5-6,8-9,11-12,14H2,(H,22,24)/t16-/m0/s1. The molecule has 2 aromatic heterocycles. The molecule has 6 nitrogen and oxygen atoms in total. The molecule has 1 aromatic carbocycles. The van der Waals surface area contributed by atoms with Crippen LogP contribution in [0.25, 0.3) is 10.9 Å². The maximum atomic E-state index is 12.8. The number of nitrogens with one attached hydrogen (secondary N) is 2. The van der Waals surface area contributed by atoms with Crippen molar-refractivity contribution in [2.75, 3.05) is 25.0 Å². The van der Waals surface area contributed by atoms with E-state index in [2.05, 4.69) is 21.4 Å². The number of nitrogens with zero attached hydrogens (tertiary/aromatic N) is 2. The van der Waals surface area contributed by atoms with Gasteiger partial charge < -0.3 is 19.9 Å². The van der Waals surface area contributed by atoms with Gasteiger partial charge in [0.05, 0.1) is 24.7 Å². The van der Waals surface area contributed by atoms with Crippen molar-refractivity contribution in [1.29, 1.82) is 0 Å². The Morgan fingerprint density at radius 3 is 3.04 bits per heavy atom. The molecule has 7 heteroatoms. The Balaban J connectivity index is 1.17. The molecule has 1 atom stereocenters. The number of aromatic nitrogens is 2. The second-order valence-corrected chi connectivity index (χ2v) is 8.69. The first-order valence-corrected chi connectivity index (χ1v) is 10.7. The summed E-state index contributed by atoms with van der Waals surface area (Å²) in [7, 11) is 0. The molecular formula is C21H24N4O2S. The molecule has 28 heavy (non-hydrogen) atoms. The molecule has 2 fully saturated rings. The molecule has 146 valence electrons. The third kappa shape index (κ3) is 3.40. The Kier molecular flexibility index (Phi) is 4.56. The molecule has 0 radical (unpaired) electrons. The zero-order chi connectivity index (χ0) is 19.0. The topological polar surface area (TPSA) is 70.2 Å². The molecule has 4 heterocycles. The van der Waals surface area contributed by atoms with Gasteiger partial charge in [-0.3, -0.25) is 4.79 Å². The van der Waals surface area contributed by atoms with Crippen molar-refractivity contribution < 1.29 is 9.53 Å². The number of amides is 1. The average Bonchev–Trinajstić information content (AvgIpc) is 3.45. The molecule has 2 aliphatic heterocycles. The number of benzene rings is 1. The van der Waals surface area contributed by atoms with Crippen LogP contribution in [-0.2, 0) is 16.0 Å². The zero-order valence-electron chi connectivity index (χ0n) is 15.7. The number of hydrogen-bond acceptors (Lipinski definition) is 5. The normalized spacial score (nSPS) is 21.4. The van der Waals surface area contributed by atoms with Crippen LogP contribution in [0.2, 0.25) is 0 Å². The second kappa shape index (κ2) is 7.22. The summed E-state index contributed by atoms with van der Waals surface area (Å²) in [4.78, 5) is 22.4. The van der Waals surface area contributed by atoms with Gasteiger partial charge in [0.15, 0.2) is 5.13 Å². The quantitative estimate of drug-likeness (QED) is 0.709. The molecule has 3 aromatic rings. The summed E-state index contributed by atoms with van der Waals surface area (Å²) in [5.74, 6) is 0.204. The SMILES string of the molecule is O=C(Cc1c[nH]c2ccccc12)N1CCC2(CC1)C[C@H](Nc1nccs1)CO2. The lowest BCUT2D eigenvalue weighted by molar-refractivity contribution is -0.135. The van der Waals surface area contributed by atoms with E-state index in [1.165, 1.54) is 0 Å². The van der Waals surface area contributed by atoms with Gasteiger partial charge in [0.2, 0.25) is 5.91 Å². The van der Waals surface area contributed by atoms with Gasteiger partial charge in [-0.15, -0.1) is 11.3 Å². The van der Waals surface area contributed by atoms with Crippen LogP contribution in [0.5, 0.6) is 0 Å². The molecule has 0 saturated carbocycles. The summed E-state index contributed by atoms with van der Waals surface area (Å²) in [6, 6.07) is 8.44. The number of carbonyl (C=O) groups excluding carboxylic acids is 1. The van der Waals surface area contributed by atoms with Gasteiger partial charge >= 0.3 is 0 Å². The van der Waals surface area contributed by atoms with Crippen molar-refractivity contribution >= 4 is 33.3 Å². The number of anilines is 1. The number of para-hydroxylation sites is 1. The molecule has 2 aliphatic rings. The number of thiazole rings is 1. The number of likely N-dealkylation sites (tertiary alicyclic amines) is 1. The first kappa shape index (κ1) is 17.7. The Labute approximate surface area is 167 Å². The number of aromatic amines is 1. The van der Waals surface area contributed by atoms with E-state index in [1.807, 2.05) is 40.9 Å². The predicted octanol–water partition coefficient (Wildman–Crippen LogP) is 3.43. The zero-order valence-corrected chi connectivity index (χ0v) is 16.5. The van der Waals surface area contributed by atoms with Crippen molar-refractivity contribution in [2.24, 2.45) is 0 Å². The second-order valence-electron chi connectivity index (χ2n) is 7.79. The number of H-pyrrole nitrogens is 1. The Morgan fingerprint density at radius 1 is 1.36 bits per heavy atom. The molecule has 0 unspecified atom stereocenters. The average molecular weight is 397 g/mol.